The van der Waals surface area contributed by atoms with E-state index in [0.29, 0.717) is 44.3 Å². The topological polar surface area (TPSA) is 103 Å². The van der Waals surface area contributed by atoms with E-state index in [4.69, 9.17) is 19.5 Å². The number of aryl methyl sites for hydroxylation is 1. The Morgan fingerprint density at radius 3 is 2.51 bits per heavy atom. The molecular formula is C33H28IN3O5S. The molecule has 1 aromatic heterocycles. The van der Waals surface area contributed by atoms with Gasteiger partial charge in [-0.3, -0.25) is 9.36 Å². The summed E-state index contributed by atoms with van der Waals surface area (Å²) < 4.78 is 20.0. The van der Waals surface area contributed by atoms with E-state index in [0.717, 1.165) is 25.8 Å². The van der Waals surface area contributed by atoms with E-state index in [1.807, 2.05) is 55.5 Å². The predicted molar refractivity (Wildman–Crippen MR) is 173 cm³/mol. The standard InChI is InChI=1S/C33H28IN3O5S/c1-5-41-32(39)28-20(3)36-33-37(29(28)24-12-6-19(2)7-13-24)31(38)27(43-33)16-23-14-25(34)30(26(15-23)40-4)42-18-22-10-8-21(17-35)9-11-22/h6-16,29H,5,18H2,1-4H3/b27-16-/t29-/m1/s1. The van der Waals surface area contributed by atoms with Crippen molar-refractivity contribution in [2.24, 2.45) is 4.99 Å². The van der Waals surface area contributed by atoms with E-state index in [1.165, 1.54) is 11.3 Å². The zero-order valence-electron chi connectivity index (χ0n) is 24.0. The second kappa shape index (κ2) is 13.0. The second-order valence-electron chi connectivity index (χ2n) is 9.84. The molecule has 0 fully saturated rings. The van der Waals surface area contributed by atoms with Crippen LogP contribution in [0.5, 0.6) is 11.5 Å². The summed E-state index contributed by atoms with van der Waals surface area (Å²) in [7, 11) is 1.57. The van der Waals surface area contributed by atoms with Gasteiger partial charge in [-0.05, 0) is 90.4 Å². The van der Waals surface area contributed by atoms with Gasteiger partial charge in [0.25, 0.3) is 5.56 Å². The molecule has 8 nitrogen and oxygen atoms in total. The van der Waals surface area contributed by atoms with Gasteiger partial charge in [0.15, 0.2) is 16.3 Å². The van der Waals surface area contributed by atoms with Crippen molar-refractivity contribution in [3.05, 3.63) is 123 Å². The van der Waals surface area contributed by atoms with Crippen LogP contribution in [-0.4, -0.2) is 24.3 Å². The first-order chi connectivity index (χ1) is 20.7. The molecule has 1 aliphatic heterocycles. The van der Waals surface area contributed by atoms with Crippen molar-refractivity contribution in [3.63, 3.8) is 0 Å². The third-order valence-electron chi connectivity index (χ3n) is 6.93. The molecule has 4 aromatic rings. The number of carbonyl (C=O) groups is 1. The van der Waals surface area contributed by atoms with Crippen LogP contribution in [-0.2, 0) is 16.1 Å². The Morgan fingerprint density at radius 2 is 1.86 bits per heavy atom. The number of fused-ring (bicyclic) bond motifs is 1. The molecule has 10 heteroatoms. The number of allylic oxidation sites excluding steroid dienone is 1. The van der Waals surface area contributed by atoms with Gasteiger partial charge in [-0.15, -0.1) is 0 Å². The van der Waals surface area contributed by atoms with Gasteiger partial charge in [0.05, 0.1) is 50.8 Å². The van der Waals surface area contributed by atoms with Crippen molar-refractivity contribution in [2.75, 3.05) is 13.7 Å². The summed E-state index contributed by atoms with van der Waals surface area (Å²) in [6, 6.07) is 20.2. The van der Waals surface area contributed by atoms with Gasteiger partial charge in [0, 0.05) is 0 Å². The molecule has 218 valence electrons. The Morgan fingerprint density at radius 1 is 1.14 bits per heavy atom. The molecule has 1 aliphatic rings. The minimum atomic E-state index is -0.661. The van der Waals surface area contributed by atoms with Crippen molar-refractivity contribution in [1.29, 1.82) is 5.26 Å². The average molecular weight is 706 g/mol. The molecule has 5 rings (SSSR count). The number of rotatable bonds is 8. The maximum Gasteiger partial charge on any atom is 0.338 e. The molecule has 0 saturated carbocycles. The number of nitrogens with zero attached hydrogens (tertiary/aromatic N) is 3. The molecule has 2 heterocycles. The maximum atomic E-state index is 13.9. The van der Waals surface area contributed by atoms with Crippen LogP contribution in [0.15, 0.2) is 81.7 Å². The lowest BCUT2D eigenvalue weighted by Gasteiger charge is -2.24. The van der Waals surface area contributed by atoms with E-state index in [1.54, 1.807) is 43.7 Å². The van der Waals surface area contributed by atoms with Crippen LogP contribution >= 0.6 is 33.9 Å². The lowest BCUT2D eigenvalue weighted by Crippen LogP contribution is -2.39. The molecule has 0 spiro atoms. The van der Waals surface area contributed by atoms with Crippen molar-refractivity contribution in [1.82, 2.24) is 4.57 Å². The quantitative estimate of drug-likeness (QED) is 0.185. The van der Waals surface area contributed by atoms with E-state index >= 15 is 0 Å². The van der Waals surface area contributed by atoms with Crippen molar-refractivity contribution in [3.8, 4) is 17.6 Å². The van der Waals surface area contributed by atoms with Crippen LogP contribution in [0.4, 0.5) is 0 Å². The number of hydrogen-bond donors (Lipinski definition) is 0. The Kier molecular flexibility index (Phi) is 9.13. The normalized spacial score (nSPS) is 14.5. The number of carbonyl (C=O) groups excluding carboxylic acids is 1. The van der Waals surface area contributed by atoms with E-state index < -0.39 is 12.0 Å². The highest BCUT2D eigenvalue weighted by Crippen LogP contribution is 2.35. The summed E-state index contributed by atoms with van der Waals surface area (Å²) >= 11 is 3.45. The summed E-state index contributed by atoms with van der Waals surface area (Å²) in [5, 5.41) is 9.03. The predicted octanol–water partition coefficient (Wildman–Crippen LogP) is 5.17. The number of aromatic nitrogens is 1. The summed E-state index contributed by atoms with van der Waals surface area (Å²) in [5.74, 6) is 0.622. The molecule has 0 amide bonds. The Labute approximate surface area is 266 Å². The monoisotopic (exact) mass is 705 g/mol. The summed E-state index contributed by atoms with van der Waals surface area (Å²) in [6.45, 7) is 6.03. The van der Waals surface area contributed by atoms with Gasteiger partial charge in [-0.25, -0.2) is 9.79 Å². The van der Waals surface area contributed by atoms with Gasteiger partial charge in [0.1, 0.15) is 6.61 Å². The molecule has 0 N–H and O–H groups in total. The zero-order chi connectivity index (χ0) is 30.7. The smallest absolute Gasteiger partial charge is 0.338 e. The molecular weight excluding hydrogens is 677 g/mol. The van der Waals surface area contributed by atoms with Crippen LogP contribution in [0.1, 0.15) is 47.7 Å². The van der Waals surface area contributed by atoms with Crippen molar-refractivity contribution < 1.29 is 19.0 Å². The number of methoxy groups -OCH3 is 1. The molecule has 0 bridgehead atoms. The minimum absolute atomic E-state index is 0.217. The summed E-state index contributed by atoms with van der Waals surface area (Å²) in [4.78, 5) is 32.2. The van der Waals surface area contributed by atoms with Gasteiger partial charge in [-0.2, -0.15) is 5.26 Å². The first-order valence-electron chi connectivity index (χ1n) is 13.5. The highest BCUT2D eigenvalue weighted by molar-refractivity contribution is 14.1. The van der Waals surface area contributed by atoms with E-state index in [2.05, 4.69) is 33.7 Å². The molecule has 0 saturated heterocycles. The Hall–Kier alpha value is -4.21. The third kappa shape index (κ3) is 6.28. The number of halogens is 1. The van der Waals surface area contributed by atoms with Gasteiger partial charge < -0.3 is 14.2 Å². The highest BCUT2D eigenvalue weighted by Gasteiger charge is 2.33. The number of thiazole rings is 1. The minimum Gasteiger partial charge on any atom is -0.493 e. The van der Waals surface area contributed by atoms with Crippen LogP contribution in [0.3, 0.4) is 0 Å². The maximum absolute atomic E-state index is 13.9. The lowest BCUT2D eigenvalue weighted by atomic mass is 9.95. The summed E-state index contributed by atoms with van der Waals surface area (Å²) in [5.41, 5.74) is 4.76. The second-order valence-corrected chi connectivity index (χ2v) is 12.0. The first-order valence-corrected chi connectivity index (χ1v) is 15.4. The summed E-state index contributed by atoms with van der Waals surface area (Å²) in [6.07, 6.45) is 1.80. The van der Waals surface area contributed by atoms with Crippen molar-refractivity contribution in [2.45, 2.75) is 33.4 Å². The largest absolute Gasteiger partial charge is 0.493 e. The average Bonchev–Trinajstić information content (AvgIpc) is 3.30. The highest BCUT2D eigenvalue weighted by atomic mass is 127. The van der Waals surface area contributed by atoms with Crippen molar-refractivity contribution >= 4 is 46.0 Å². The van der Waals surface area contributed by atoms with E-state index in [9.17, 15) is 9.59 Å². The zero-order valence-corrected chi connectivity index (χ0v) is 27.0. The first kappa shape index (κ1) is 30.3. The van der Waals surface area contributed by atoms with E-state index in [-0.39, 0.29) is 12.2 Å². The lowest BCUT2D eigenvalue weighted by molar-refractivity contribution is -0.139. The fraction of sp³-hybridized carbons (Fsp3) is 0.212. The third-order valence-corrected chi connectivity index (χ3v) is 8.71. The number of nitriles is 1. The Bertz CT molecular complexity index is 1950. The fourth-order valence-electron chi connectivity index (χ4n) is 4.80. The molecule has 0 unspecified atom stereocenters. The SMILES string of the molecule is CCOC(=O)C1=C(C)N=c2s/c(=C\c3cc(I)c(OCc4ccc(C#N)cc4)c(OC)c3)c(=O)n2[C@@H]1c1ccc(C)cc1. The number of esters is 1. The van der Waals surface area contributed by atoms with Gasteiger partial charge in [0.2, 0.25) is 0 Å². The van der Waals surface area contributed by atoms with Crippen LogP contribution in [0, 0.1) is 21.8 Å². The molecule has 0 radical (unpaired) electrons. The molecule has 1 atom stereocenters. The molecule has 3 aromatic carbocycles. The molecule has 43 heavy (non-hydrogen) atoms. The van der Waals surface area contributed by atoms with Crippen LogP contribution in [0.25, 0.3) is 6.08 Å². The Balaban J connectivity index is 1.55. The number of benzene rings is 3. The fourth-order valence-corrected chi connectivity index (χ4v) is 6.63. The van der Waals surface area contributed by atoms with Crippen LogP contribution < -0.4 is 24.4 Å². The molecule has 0 aliphatic carbocycles. The number of ether oxygens (including phenoxy) is 3. The number of hydrogen-bond acceptors (Lipinski definition) is 8. The van der Waals surface area contributed by atoms with Crippen LogP contribution in [0.2, 0.25) is 0 Å². The van der Waals surface area contributed by atoms with Gasteiger partial charge >= 0.3 is 5.97 Å². The van der Waals surface area contributed by atoms with Gasteiger partial charge in [-0.1, -0.05) is 53.3 Å².